The van der Waals surface area contributed by atoms with E-state index in [1.807, 2.05) is 42.1 Å². The second kappa shape index (κ2) is 8.27. The first kappa shape index (κ1) is 17.6. The van der Waals surface area contributed by atoms with Gasteiger partial charge in [-0.05, 0) is 31.0 Å². The van der Waals surface area contributed by atoms with Crippen LogP contribution in [0.5, 0.6) is 0 Å². The zero-order valence-corrected chi connectivity index (χ0v) is 14.9. The van der Waals surface area contributed by atoms with E-state index in [1.165, 1.54) is 0 Å². The number of carbonyl (C=O) groups is 1. The van der Waals surface area contributed by atoms with Gasteiger partial charge in [0.1, 0.15) is 5.82 Å². The molecule has 0 saturated carbocycles. The molecule has 1 saturated heterocycles. The Kier molecular flexibility index (Phi) is 5.83. The SMILES string of the molecule is COCCN1CC[C@@H](CNC(=O)c2ccc(-c3nccn3C)cc2)C1. The molecule has 1 aromatic carbocycles. The Hall–Kier alpha value is -2.18. The molecule has 25 heavy (non-hydrogen) atoms. The van der Waals surface area contributed by atoms with E-state index in [2.05, 4.69) is 15.2 Å². The van der Waals surface area contributed by atoms with Crippen molar-refractivity contribution in [2.45, 2.75) is 6.42 Å². The van der Waals surface area contributed by atoms with Gasteiger partial charge in [0, 0.05) is 57.3 Å². The Morgan fingerprint density at radius 3 is 2.84 bits per heavy atom. The molecule has 1 fully saturated rings. The van der Waals surface area contributed by atoms with E-state index in [-0.39, 0.29) is 5.91 Å². The maximum absolute atomic E-state index is 12.4. The molecular weight excluding hydrogens is 316 g/mol. The molecule has 0 aliphatic carbocycles. The zero-order valence-electron chi connectivity index (χ0n) is 14.9. The number of hydrogen-bond donors (Lipinski definition) is 1. The topological polar surface area (TPSA) is 59.4 Å². The number of aryl methyl sites for hydroxylation is 1. The number of imidazole rings is 1. The molecule has 134 valence electrons. The first-order valence-corrected chi connectivity index (χ1v) is 8.74. The van der Waals surface area contributed by atoms with E-state index in [0.717, 1.165) is 50.6 Å². The maximum Gasteiger partial charge on any atom is 0.251 e. The molecular formula is C19H26N4O2. The highest BCUT2D eigenvalue weighted by atomic mass is 16.5. The van der Waals surface area contributed by atoms with Crippen molar-refractivity contribution in [2.24, 2.45) is 13.0 Å². The van der Waals surface area contributed by atoms with Gasteiger partial charge in [0.15, 0.2) is 0 Å². The molecule has 6 heteroatoms. The molecule has 0 bridgehead atoms. The van der Waals surface area contributed by atoms with Gasteiger partial charge in [-0.1, -0.05) is 12.1 Å². The van der Waals surface area contributed by atoms with E-state index >= 15 is 0 Å². The quantitative estimate of drug-likeness (QED) is 0.833. The van der Waals surface area contributed by atoms with E-state index in [1.54, 1.807) is 13.3 Å². The molecule has 1 aromatic heterocycles. The number of ether oxygens (including phenoxy) is 1. The van der Waals surface area contributed by atoms with Crippen LogP contribution in [-0.2, 0) is 11.8 Å². The number of benzene rings is 1. The van der Waals surface area contributed by atoms with Gasteiger partial charge in [0.05, 0.1) is 6.61 Å². The monoisotopic (exact) mass is 342 g/mol. The molecule has 3 rings (SSSR count). The van der Waals surface area contributed by atoms with Crippen LogP contribution < -0.4 is 5.32 Å². The number of hydrogen-bond acceptors (Lipinski definition) is 4. The van der Waals surface area contributed by atoms with E-state index in [4.69, 9.17) is 4.74 Å². The minimum absolute atomic E-state index is 0.0123. The van der Waals surface area contributed by atoms with Crippen LogP contribution in [0.25, 0.3) is 11.4 Å². The smallest absolute Gasteiger partial charge is 0.251 e. The molecule has 0 spiro atoms. The molecule has 1 aliphatic heterocycles. The normalized spacial score (nSPS) is 17.8. The first-order valence-electron chi connectivity index (χ1n) is 8.74. The van der Waals surface area contributed by atoms with Gasteiger partial charge in [-0.3, -0.25) is 4.79 Å². The second-order valence-electron chi connectivity index (χ2n) is 6.60. The fraction of sp³-hybridized carbons (Fsp3) is 0.474. The molecule has 6 nitrogen and oxygen atoms in total. The van der Waals surface area contributed by atoms with Crippen molar-refractivity contribution in [1.29, 1.82) is 0 Å². The number of nitrogens with zero attached hydrogens (tertiary/aromatic N) is 3. The first-order chi connectivity index (χ1) is 12.2. The molecule has 1 N–H and O–H groups in total. The summed E-state index contributed by atoms with van der Waals surface area (Å²) in [6.07, 6.45) is 4.81. The average molecular weight is 342 g/mol. The number of rotatable bonds is 7. The predicted molar refractivity (Wildman–Crippen MR) is 97.4 cm³/mol. The third kappa shape index (κ3) is 4.46. The number of carbonyl (C=O) groups excluding carboxylic acids is 1. The van der Waals surface area contributed by atoms with Crippen LogP contribution in [0.15, 0.2) is 36.7 Å². The summed E-state index contributed by atoms with van der Waals surface area (Å²) in [4.78, 5) is 19.1. The Labute approximate surface area is 148 Å². The summed E-state index contributed by atoms with van der Waals surface area (Å²) in [5.74, 6) is 1.41. The van der Waals surface area contributed by atoms with Crippen molar-refractivity contribution in [3.05, 3.63) is 42.2 Å². The lowest BCUT2D eigenvalue weighted by Crippen LogP contribution is -2.31. The standard InChI is InChI=1S/C19H26N4O2/c1-22-10-8-20-18(22)16-3-5-17(6-4-16)19(24)21-13-15-7-9-23(14-15)11-12-25-2/h3-6,8,10,15H,7,9,11-14H2,1-2H3,(H,21,24)/t15-/m0/s1. The zero-order chi connectivity index (χ0) is 17.6. The molecule has 1 atom stereocenters. The summed E-state index contributed by atoms with van der Waals surface area (Å²) in [6.45, 7) is 4.57. The highest BCUT2D eigenvalue weighted by Gasteiger charge is 2.22. The lowest BCUT2D eigenvalue weighted by molar-refractivity contribution is 0.0946. The van der Waals surface area contributed by atoms with Crippen LogP contribution in [0, 0.1) is 5.92 Å². The van der Waals surface area contributed by atoms with Crippen LogP contribution in [0.2, 0.25) is 0 Å². The predicted octanol–water partition coefficient (Wildman–Crippen LogP) is 1.79. The summed E-state index contributed by atoms with van der Waals surface area (Å²) in [5.41, 5.74) is 1.70. The number of methoxy groups -OCH3 is 1. The molecule has 1 amide bonds. The van der Waals surface area contributed by atoms with Crippen LogP contribution in [0.4, 0.5) is 0 Å². The van der Waals surface area contributed by atoms with Crippen molar-refractivity contribution >= 4 is 5.91 Å². The largest absolute Gasteiger partial charge is 0.383 e. The Morgan fingerprint density at radius 1 is 1.36 bits per heavy atom. The van der Waals surface area contributed by atoms with Gasteiger partial charge in [-0.2, -0.15) is 0 Å². The summed E-state index contributed by atoms with van der Waals surface area (Å²) in [6, 6.07) is 7.61. The number of amides is 1. The summed E-state index contributed by atoms with van der Waals surface area (Å²) >= 11 is 0. The molecule has 1 aliphatic rings. The van der Waals surface area contributed by atoms with E-state index in [0.29, 0.717) is 11.5 Å². The summed E-state index contributed by atoms with van der Waals surface area (Å²) in [7, 11) is 3.69. The third-order valence-electron chi connectivity index (χ3n) is 4.76. The van der Waals surface area contributed by atoms with E-state index < -0.39 is 0 Å². The highest BCUT2D eigenvalue weighted by Crippen LogP contribution is 2.18. The van der Waals surface area contributed by atoms with Crippen molar-refractivity contribution in [3.63, 3.8) is 0 Å². The average Bonchev–Trinajstić information content (AvgIpc) is 3.27. The van der Waals surface area contributed by atoms with Crippen LogP contribution >= 0.6 is 0 Å². The molecule has 0 unspecified atom stereocenters. The Balaban J connectivity index is 1.50. The van der Waals surface area contributed by atoms with Gasteiger partial charge in [0.2, 0.25) is 0 Å². The maximum atomic E-state index is 12.4. The van der Waals surface area contributed by atoms with Crippen molar-refractivity contribution in [2.75, 3.05) is 39.9 Å². The number of likely N-dealkylation sites (tertiary alicyclic amines) is 1. The summed E-state index contributed by atoms with van der Waals surface area (Å²) < 4.78 is 7.08. The van der Waals surface area contributed by atoms with Crippen molar-refractivity contribution < 1.29 is 9.53 Å². The van der Waals surface area contributed by atoms with Gasteiger partial charge < -0.3 is 19.5 Å². The van der Waals surface area contributed by atoms with Gasteiger partial charge in [-0.15, -0.1) is 0 Å². The minimum Gasteiger partial charge on any atom is -0.383 e. The highest BCUT2D eigenvalue weighted by molar-refractivity contribution is 5.94. The Morgan fingerprint density at radius 2 is 2.16 bits per heavy atom. The number of nitrogens with one attached hydrogen (secondary N) is 1. The fourth-order valence-electron chi connectivity index (χ4n) is 3.26. The lowest BCUT2D eigenvalue weighted by Gasteiger charge is -2.15. The second-order valence-corrected chi connectivity index (χ2v) is 6.60. The molecule has 2 aromatic rings. The minimum atomic E-state index is -0.0123. The third-order valence-corrected chi connectivity index (χ3v) is 4.76. The van der Waals surface area contributed by atoms with Crippen LogP contribution in [-0.4, -0.2) is 60.3 Å². The van der Waals surface area contributed by atoms with Gasteiger partial charge >= 0.3 is 0 Å². The van der Waals surface area contributed by atoms with E-state index in [9.17, 15) is 4.79 Å². The summed E-state index contributed by atoms with van der Waals surface area (Å²) in [5, 5.41) is 3.07. The molecule has 0 radical (unpaired) electrons. The van der Waals surface area contributed by atoms with Crippen molar-refractivity contribution in [1.82, 2.24) is 19.8 Å². The lowest BCUT2D eigenvalue weighted by atomic mass is 10.1. The Bertz CT molecular complexity index is 696. The number of aromatic nitrogens is 2. The van der Waals surface area contributed by atoms with Gasteiger partial charge in [-0.25, -0.2) is 4.98 Å². The van der Waals surface area contributed by atoms with Crippen molar-refractivity contribution in [3.8, 4) is 11.4 Å². The van der Waals surface area contributed by atoms with Crippen LogP contribution in [0.1, 0.15) is 16.8 Å². The van der Waals surface area contributed by atoms with Crippen LogP contribution in [0.3, 0.4) is 0 Å². The fourth-order valence-corrected chi connectivity index (χ4v) is 3.26. The van der Waals surface area contributed by atoms with Gasteiger partial charge in [0.25, 0.3) is 5.91 Å². The molecule has 2 heterocycles.